The number of carboxylic acid groups (broad SMARTS) is 1. The first-order chi connectivity index (χ1) is 17.8. The van der Waals surface area contributed by atoms with E-state index in [2.05, 4.69) is 0 Å². The second kappa shape index (κ2) is 9.65. The number of fused-ring (bicyclic) bond motifs is 3. The molecule has 0 radical (unpaired) electrons. The Kier molecular flexibility index (Phi) is 6.37. The highest BCUT2D eigenvalue weighted by Crippen LogP contribution is 2.40. The molecule has 37 heavy (non-hydrogen) atoms. The Balaban J connectivity index is 1.49. The Hall–Kier alpha value is -4.27. The normalized spacial score (nSPS) is 18.5. The van der Waals surface area contributed by atoms with Crippen molar-refractivity contribution in [3.05, 3.63) is 76.9 Å². The average molecular weight is 502 g/mol. The summed E-state index contributed by atoms with van der Waals surface area (Å²) in [5.41, 5.74) is 4.01. The van der Waals surface area contributed by atoms with Crippen molar-refractivity contribution in [3.8, 4) is 11.1 Å². The molecule has 0 bridgehead atoms. The molecule has 9 heteroatoms. The number of ether oxygens (including phenoxy) is 1. The zero-order valence-corrected chi connectivity index (χ0v) is 20.6. The molecule has 0 saturated carbocycles. The Morgan fingerprint density at radius 1 is 1.08 bits per heavy atom. The maximum Gasteiger partial charge on any atom is 0.336 e. The highest BCUT2D eigenvalue weighted by molar-refractivity contribution is 6.22. The van der Waals surface area contributed by atoms with Gasteiger partial charge < -0.3 is 19.3 Å². The number of amides is 1. The van der Waals surface area contributed by atoms with Crippen molar-refractivity contribution in [1.82, 2.24) is 14.5 Å². The number of rotatable bonds is 7. The highest BCUT2D eigenvalue weighted by atomic mass is 16.5. The van der Waals surface area contributed by atoms with Gasteiger partial charge in [-0.1, -0.05) is 49.4 Å². The summed E-state index contributed by atoms with van der Waals surface area (Å²) in [6.45, 7) is 4.47. The Morgan fingerprint density at radius 2 is 1.81 bits per heavy atom. The molecule has 2 aliphatic heterocycles. The number of carbonyl (C=O) groups is 4. The largest absolute Gasteiger partial charge is 0.478 e. The van der Waals surface area contributed by atoms with E-state index in [1.54, 1.807) is 31.2 Å². The Bertz CT molecular complexity index is 1410. The minimum absolute atomic E-state index is 0.0939. The molecular weight excluding hydrogens is 474 g/mol. The number of esters is 1. The van der Waals surface area contributed by atoms with Gasteiger partial charge in [0.1, 0.15) is 11.9 Å². The van der Waals surface area contributed by atoms with Gasteiger partial charge >= 0.3 is 11.9 Å². The fourth-order valence-corrected chi connectivity index (χ4v) is 5.31. The molecule has 9 nitrogen and oxygen atoms in total. The number of benzene rings is 2. The van der Waals surface area contributed by atoms with Crippen LogP contribution in [-0.4, -0.2) is 56.3 Å². The molecule has 2 aromatic carbocycles. The Labute approximate surface area is 213 Å². The van der Waals surface area contributed by atoms with Gasteiger partial charge in [-0.3, -0.25) is 14.4 Å². The lowest BCUT2D eigenvalue weighted by Crippen LogP contribution is -2.37. The molecule has 5 rings (SSSR count). The summed E-state index contributed by atoms with van der Waals surface area (Å²) in [6, 6.07) is 13.6. The van der Waals surface area contributed by atoms with Crippen LogP contribution < -0.4 is 0 Å². The van der Waals surface area contributed by atoms with Crippen LogP contribution in [0.5, 0.6) is 0 Å². The van der Waals surface area contributed by atoms with E-state index in [0.717, 1.165) is 22.6 Å². The first-order valence-corrected chi connectivity index (χ1v) is 12.4. The van der Waals surface area contributed by atoms with Crippen molar-refractivity contribution in [3.63, 3.8) is 0 Å². The van der Waals surface area contributed by atoms with E-state index < -0.39 is 35.6 Å². The molecule has 190 valence electrons. The summed E-state index contributed by atoms with van der Waals surface area (Å²) in [7, 11) is 0. The zero-order valence-electron chi connectivity index (χ0n) is 20.6. The molecule has 1 fully saturated rings. The van der Waals surface area contributed by atoms with Crippen LogP contribution in [0.3, 0.4) is 0 Å². The van der Waals surface area contributed by atoms with Gasteiger partial charge in [0.2, 0.25) is 5.91 Å². The number of aromatic nitrogens is 2. The van der Waals surface area contributed by atoms with Crippen LogP contribution in [0.15, 0.2) is 48.5 Å². The summed E-state index contributed by atoms with van der Waals surface area (Å²) in [6.07, 6.45) is 1.14. The lowest BCUT2D eigenvalue weighted by molar-refractivity contribution is -0.154. The molecule has 3 heterocycles. The third-order valence-corrected chi connectivity index (χ3v) is 7.01. The molecule has 1 aromatic heterocycles. The van der Waals surface area contributed by atoms with Gasteiger partial charge in [-0.05, 0) is 29.7 Å². The van der Waals surface area contributed by atoms with Crippen molar-refractivity contribution in [2.45, 2.75) is 39.3 Å². The molecule has 1 amide bonds. The summed E-state index contributed by atoms with van der Waals surface area (Å²) < 4.78 is 6.99. The zero-order chi connectivity index (χ0) is 26.3. The van der Waals surface area contributed by atoms with Crippen molar-refractivity contribution in [2.24, 2.45) is 5.92 Å². The average Bonchev–Trinajstić information content (AvgIpc) is 3.38. The summed E-state index contributed by atoms with van der Waals surface area (Å²) in [5, 5.41) is 9.53. The Morgan fingerprint density at radius 3 is 2.49 bits per heavy atom. The minimum atomic E-state index is -1.43. The van der Waals surface area contributed by atoms with Crippen LogP contribution in [0.4, 0.5) is 0 Å². The number of ketones is 1. The number of Topliss-reactive ketones (excluding diaryl/α,β-unsaturated/α-hetero) is 1. The van der Waals surface area contributed by atoms with Crippen LogP contribution in [0, 0.1) is 5.92 Å². The molecule has 1 saturated heterocycles. The van der Waals surface area contributed by atoms with Gasteiger partial charge in [0.15, 0.2) is 11.7 Å². The number of aryl methyl sites for hydroxylation is 1. The van der Waals surface area contributed by atoms with E-state index in [1.807, 2.05) is 35.8 Å². The molecule has 2 unspecified atom stereocenters. The van der Waals surface area contributed by atoms with E-state index in [4.69, 9.17) is 9.72 Å². The van der Waals surface area contributed by atoms with Gasteiger partial charge in [-0.25, -0.2) is 9.78 Å². The number of aromatic carboxylic acids is 1. The van der Waals surface area contributed by atoms with Crippen LogP contribution in [0.25, 0.3) is 11.1 Å². The predicted octanol–water partition coefficient (Wildman–Crippen LogP) is 3.05. The maximum absolute atomic E-state index is 13.4. The van der Waals surface area contributed by atoms with E-state index in [0.29, 0.717) is 37.2 Å². The quantitative estimate of drug-likeness (QED) is 0.390. The molecule has 0 aliphatic carbocycles. The van der Waals surface area contributed by atoms with Crippen LogP contribution in [0.1, 0.15) is 53.0 Å². The first kappa shape index (κ1) is 24.4. The first-order valence-electron chi connectivity index (χ1n) is 12.4. The number of imidazole rings is 1. The minimum Gasteiger partial charge on any atom is -0.478 e. The van der Waals surface area contributed by atoms with Crippen LogP contribution in [0.2, 0.25) is 0 Å². The number of carbonyl (C=O) groups excluding carboxylic acids is 3. The molecule has 0 spiro atoms. The van der Waals surface area contributed by atoms with Gasteiger partial charge in [0, 0.05) is 25.9 Å². The fraction of sp³-hybridized carbons (Fsp3) is 0.321. The van der Waals surface area contributed by atoms with E-state index >= 15 is 0 Å². The van der Waals surface area contributed by atoms with Gasteiger partial charge in [0.25, 0.3) is 0 Å². The second-order valence-electron chi connectivity index (χ2n) is 9.12. The maximum atomic E-state index is 13.4. The van der Waals surface area contributed by atoms with Crippen molar-refractivity contribution >= 4 is 23.6 Å². The number of hydrogen-bond donors (Lipinski definition) is 1. The van der Waals surface area contributed by atoms with Crippen LogP contribution in [-0.2, 0) is 38.5 Å². The van der Waals surface area contributed by atoms with Crippen molar-refractivity contribution in [2.75, 3.05) is 13.2 Å². The topological polar surface area (TPSA) is 119 Å². The summed E-state index contributed by atoms with van der Waals surface area (Å²) in [4.78, 5) is 56.7. The molecular formula is C28H27N3O6. The lowest BCUT2D eigenvalue weighted by Gasteiger charge is -2.29. The lowest BCUT2D eigenvalue weighted by atomic mass is 9.97. The predicted molar refractivity (Wildman–Crippen MR) is 133 cm³/mol. The number of nitrogens with zero attached hydrogens (tertiary/aromatic N) is 3. The van der Waals surface area contributed by atoms with E-state index in [1.165, 1.54) is 4.90 Å². The van der Waals surface area contributed by atoms with Gasteiger partial charge in [-0.2, -0.15) is 0 Å². The van der Waals surface area contributed by atoms with Crippen molar-refractivity contribution in [1.29, 1.82) is 0 Å². The van der Waals surface area contributed by atoms with Crippen LogP contribution >= 0.6 is 0 Å². The molecule has 2 atom stereocenters. The molecule has 2 aliphatic rings. The third-order valence-electron chi connectivity index (χ3n) is 7.01. The van der Waals surface area contributed by atoms with Crippen molar-refractivity contribution < 1.29 is 29.0 Å². The summed E-state index contributed by atoms with van der Waals surface area (Å²) in [5.74, 6) is -3.39. The highest BCUT2D eigenvalue weighted by Gasteiger charge is 2.55. The number of carboxylic acids is 1. The fourth-order valence-electron chi connectivity index (χ4n) is 5.31. The molecule has 1 N–H and O–H groups in total. The van der Waals surface area contributed by atoms with Gasteiger partial charge in [0.05, 0.1) is 23.6 Å². The molecule has 3 aromatic rings. The second-order valence-corrected chi connectivity index (χ2v) is 9.12. The summed E-state index contributed by atoms with van der Waals surface area (Å²) >= 11 is 0. The van der Waals surface area contributed by atoms with E-state index in [9.17, 15) is 24.3 Å². The SMILES string of the molecule is CCOC(=O)C1C(=O)C2c3c(nc(CC)n3Cc3ccc(-c4ccccc4C(=O)O)cc3)CCN2C1=O. The standard InChI is InChI=1S/C28H27N3O6/c1-3-21-29-20-13-14-30-24(25(32)22(26(30)33)28(36)37-4-2)23(20)31(21)15-16-9-11-17(12-10-16)18-7-5-6-8-19(18)27(34)35/h5-12,22,24H,3-4,13-15H2,1-2H3,(H,34,35). The third kappa shape index (κ3) is 4.10. The monoisotopic (exact) mass is 501 g/mol. The number of hydrogen-bond acceptors (Lipinski definition) is 6. The van der Waals surface area contributed by atoms with Gasteiger partial charge in [-0.15, -0.1) is 0 Å². The smallest absolute Gasteiger partial charge is 0.336 e. The van der Waals surface area contributed by atoms with E-state index in [-0.39, 0.29) is 12.2 Å².